The van der Waals surface area contributed by atoms with Gasteiger partial charge in [-0.2, -0.15) is 0 Å². The van der Waals surface area contributed by atoms with Crippen LogP contribution in [0.3, 0.4) is 0 Å². The maximum absolute atomic E-state index is 11.5. The molecule has 0 bridgehead atoms. The van der Waals surface area contributed by atoms with E-state index in [4.69, 9.17) is 0 Å². The van der Waals surface area contributed by atoms with E-state index in [1.807, 2.05) is 17.7 Å². The van der Waals surface area contributed by atoms with E-state index >= 15 is 0 Å². The second-order valence-electron chi connectivity index (χ2n) is 3.50. The molecule has 4 nitrogen and oxygen atoms in total. The smallest absolute Gasteiger partial charge is 0.163 e. The second kappa shape index (κ2) is 4.26. The van der Waals surface area contributed by atoms with Crippen molar-refractivity contribution in [2.45, 2.75) is 20.3 Å². The summed E-state index contributed by atoms with van der Waals surface area (Å²) in [5.41, 5.74) is 0.621. The van der Waals surface area contributed by atoms with E-state index < -0.39 is 0 Å². The van der Waals surface area contributed by atoms with Crippen molar-refractivity contribution in [3.8, 4) is 5.82 Å². The molecule has 4 heteroatoms. The lowest BCUT2D eigenvalue weighted by Gasteiger charge is -2.08. The average Bonchev–Trinajstić information content (AvgIpc) is 2.76. The number of aryl methyl sites for hydroxylation is 1. The predicted molar refractivity (Wildman–Crippen MR) is 60.7 cm³/mol. The number of imidazole rings is 1. The number of pyridine rings is 1. The largest absolute Gasteiger partial charge is 0.294 e. The highest BCUT2D eigenvalue weighted by Crippen LogP contribution is 2.14. The number of ketones is 1. The zero-order valence-corrected chi connectivity index (χ0v) is 9.34. The second-order valence-corrected chi connectivity index (χ2v) is 3.50. The fourth-order valence-electron chi connectivity index (χ4n) is 1.65. The third-order valence-electron chi connectivity index (χ3n) is 2.43. The molecule has 2 aromatic rings. The monoisotopic (exact) mass is 215 g/mol. The van der Waals surface area contributed by atoms with E-state index in [1.54, 1.807) is 31.5 Å². The molecule has 0 unspecified atom stereocenters. The van der Waals surface area contributed by atoms with Gasteiger partial charge in [0.15, 0.2) is 5.78 Å². The molecule has 2 aromatic heterocycles. The van der Waals surface area contributed by atoms with Crippen molar-refractivity contribution in [1.29, 1.82) is 0 Å². The average molecular weight is 215 g/mol. The third-order valence-corrected chi connectivity index (χ3v) is 2.43. The van der Waals surface area contributed by atoms with Gasteiger partial charge in [-0.05, 0) is 19.1 Å². The van der Waals surface area contributed by atoms with E-state index in [1.165, 1.54) is 0 Å². The van der Waals surface area contributed by atoms with E-state index in [2.05, 4.69) is 9.97 Å². The van der Waals surface area contributed by atoms with Crippen molar-refractivity contribution in [3.63, 3.8) is 0 Å². The summed E-state index contributed by atoms with van der Waals surface area (Å²) in [7, 11) is 0. The Labute approximate surface area is 94.0 Å². The zero-order chi connectivity index (χ0) is 11.5. The molecule has 16 heavy (non-hydrogen) atoms. The van der Waals surface area contributed by atoms with Crippen molar-refractivity contribution in [3.05, 3.63) is 42.1 Å². The summed E-state index contributed by atoms with van der Waals surface area (Å²) < 4.78 is 1.86. The Kier molecular flexibility index (Phi) is 2.81. The number of rotatable bonds is 3. The Morgan fingerprint density at radius 1 is 1.38 bits per heavy atom. The fourth-order valence-corrected chi connectivity index (χ4v) is 1.65. The van der Waals surface area contributed by atoms with Crippen LogP contribution in [0, 0.1) is 0 Å². The van der Waals surface area contributed by atoms with Crippen LogP contribution in [0.1, 0.15) is 30.0 Å². The fraction of sp³-hybridized carbons (Fsp3) is 0.250. The molecule has 2 heterocycles. The molecule has 0 fully saturated rings. The van der Waals surface area contributed by atoms with Gasteiger partial charge in [0.05, 0.1) is 5.56 Å². The van der Waals surface area contributed by atoms with E-state index in [0.29, 0.717) is 11.4 Å². The Balaban J connectivity index is 2.60. The van der Waals surface area contributed by atoms with Crippen LogP contribution in [-0.4, -0.2) is 20.3 Å². The van der Waals surface area contributed by atoms with Gasteiger partial charge in [-0.15, -0.1) is 0 Å². The van der Waals surface area contributed by atoms with Gasteiger partial charge in [0.2, 0.25) is 0 Å². The number of hydrogen-bond donors (Lipinski definition) is 0. The van der Waals surface area contributed by atoms with Crippen LogP contribution >= 0.6 is 0 Å². The number of aromatic nitrogens is 3. The SMILES string of the molecule is CCc1nccn1-c1ncccc1C(C)=O. The maximum atomic E-state index is 11.5. The first-order valence-corrected chi connectivity index (χ1v) is 5.22. The summed E-state index contributed by atoms with van der Waals surface area (Å²) in [4.78, 5) is 20.0. The molecule has 0 aliphatic carbocycles. The number of carbonyl (C=O) groups is 1. The minimum Gasteiger partial charge on any atom is -0.294 e. The summed E-state index contributed by atoms with van der Waals surface area (Å²) in [6.45, 7) is 3.57. The molecule has 0 amide bonds. The van der Waals surface area contributed by atoms with Crippen LogP contribution < -0.4 is 0 Å². The van der Waals surface area contributed by atoms with Gasteiger partial charge in [-0.3, -0.25) is 9.36 Å². The standard InChI is InChI=1S/C12H13N3O/c1-3-11-13-7-8-15(11)12-10(9(2)16)5-4-6-14-12/h4-8H,3H2,1-2H3. The number of hydrogen-bond acceptors (Lipinski definition) is 3. The summed E-state index contributed by atoms with van der Waals surface area (Å²) in [5, 5.41) is 0. The highest BCUT2D eigenvalue weighted by molar-refractivity contribution is 5.96. The molecule has 0 aliphatic rings. The van der Waals surface area contributed by atoms with Gasteiger partial charge in [-0.25, -0.2) is 9.97 Å². The number of Topliss-reactive ketones (excluding diaryl/α,β-unsaturated/α-hetero) is 1. The first-order valence-electron chi connectivity index (χ1n) is 5.22. The van der Waals surface area contributed by atoms with Crippen molar-refractivity contribution < 1.29 is 4.79 Å². The summed E-state index contributed by atoms with van der Waals surface area (Å²) >= 11 is 0. The number of nitrogens with zero attached hydrogens (tertiary/aromatic N) is 3. The lowest BCUT2D eigenvalue weighted by Crippen LogP contribution is -2.07. The minimum absolute atomic E-state index is 0.0128. The van der Waals surface area contributed by atoms with Crippen LogP contribution in [-0.2, 0) is 6.42 Å². The third kappa shape index (κ3) is 1.74. The lowest BCUT2D eigenvalue weighted by atomic mass is 10.2. The summed E-state index contributed by atoms with van der Waals surface area (Å²) in [5.74, 6) is 1.57. The highest BCUT2D eigenvalue weighted by Gasteiger charge is 2.11. The molecular formula is C12H13N3O. The molecule has 0 aliphatic heterocycles. The van der Waals surface area contributed by atoms with Gasteiger partial charge in [0.25, 0.3) is 0 Å². The topological polar surface area (TPSA) is 47.8 Å². The molecule has 2 rings (SSSR count). The van der Waals surface area contributed by atoms with E-state index in [-0.39, 0.29) is 5.78 Å². The van der Waals surface area contributed by atoms with Gasteiger partial charge < -0.3 is 0 Å². The van der Waals surface area contributed by atoms with Crippen LogP contribution in [0.2, 0.25) is 0 Å². The molecular weight excluding hydrogens is 202 g/mol. The van der Waals surface area contributed by atoms with Crippen molar-refractivity contribution in [1.82, 2.24) is 14.5 Å². The number of carbonyl (C=O) groups excluding carboxylic acids is 1. The first-order chi connectivity index (χ1) is 7.74. The zero-order valence-electron chi connectivity index (χ0n) is 9.34. The van der Waals surface area contributed by atoms with Crippen LogP contribution in [0.4, 0.5) is 0 Å². The maximum Gasteiger partial charge on any atom is 0.163 e. The van der Waals surface area contributed by atoms with E-state index in [9.17, 15) is 4.79 Å². The summed E-state index contributed by atoms with van der Waals surface area (Å²) in [6.07, 6.45) is 6.03. The van der Waals surface area contributed by atoms with Gasteiger partial charge in [0, 0.05) is 25.0 Å². The van der Waals surface area contributed by atoms with Crippen molar-refractivity contribution in [2.75, 3.05) is 0 Å². The van der Waals surface area contributed by atoms with Gasteiger partial charge in [-0.1, -0.05) is 6.92 Å². The Hall–Kier alpha value is -1.97. The van der Waals surface area contributed by atoms with Crippen LogP contribution in [0.15, 0.2) is 30.7 Å². The molecule has 0 spiro atoms. The highest BCUT2D eigenvalue weighted by atomic mass is 16.1. The summed E-state index contributed by atoms with van der Waals surface area (Å²) in [6, 6.07) is 3.55. The molecule has 0 saturated carbocycles. The lowest BCUT2D eigenvalue weighted by molar-refractivity contribution is 0.101. The molecule has 0 radical (unpaired) electrons. The molecule has 0 saturated heterocycles. The molecule has 0 atom stereocenters. The van der Waals surface area contributed by atoms with Crippen LogP contribution in [0.5, 0.6) is 0 Å². The Morgan fingerprint density at radius 2 is 2.19 bits per heavy atom. The molecule has 0 N–H and O–H groups in total. The Bertz CT molecular complexity index is 516. The van der Waals surface area contributed by atoms with Crippen molar-refractivity contribution >= 4 is 5.78 Å². The van der Waals surface area contributed by atoms with Gasteiger partial charge in [0.1, 0.15) is 11.6 Å². The normalized spacial score (nSPS) is 10.4. The van der Waals surface area contributed by atoms with E-state index in [0.717, 1.165) is 12.2 Å². The van der Waals surface area contributed by atoms with Crippen molar-refractivity contribution in [2.24, 2.45) is 0 Å². The Morgan fingerprint density at radius 3 is 2.88 bits per heavy atom. The molecule has 82 valence electrons. The quantitative estimate of drug-likeness (QED) is 0.736. The minimum atomic E-state index is 0.0128. The predicted octanol–water partition coefficient (Wildman–Crippen LogP) is 2.03. The first kappa shape index (κ1) is 10.5. The van der Waals surface area contributed by atoms with Crippen LogP contribution in [0.25, 0.3) is 5.82 Å². The molecule has 0 aromatic carbocycles. The van der Waals surface area contributed by atoms with Gasteiger partial charge >= 0.3 is 0 Å².